The summed E-state index contributed by atoms with van der Waals surface area (Å²) >= 11 is 0. The molecule has 0 radical (unpaired) electrons. The largest absolute Gasteiger partial charge is 0.416 e. The van der Waals surface area contributed by atoms with Crippen LogP contribution in [-0.4, -0.2) is 46.9 Å². The summed E-state index contributed by atoms with van der Waals surface area (Å²) in [5, 5.41) is 14.1. The molecule has 1 N–H and O–H groups in total. The summed E-state index contributed by atoms with van der Waals surface area (Å²) in [6, 6.07) is 14.2. The van der Waals surface area contributed by atoms with Gasteiger partial charge in [0, 0.05) is 44.1 Å². The number of alkyl halides is 3. The molecule has 11 heteroatoms. The van der Waals surface area contributed by atoms with Gasteiger partial charge in [-0.3, -0.25) is 14.9 Å². The Kier molecular flexibility index (Phi) is 6.35. The molecular formula is C23H20F3N5O3. The third-order valence-corrected chi connectivity index (χ3v) is 5.48. The van der Waals surface area contributed by atoms with Crippen molar-refractivity contribution in [2.24, 2.45) is 0 Å². The molecule has 1 saturated heterocycles. The molecule has 2 aromatic carbocycles. The van der Waals surface area contributed by atoms with Crippen molar-refractivity contribution in [3.05, 3.63) is 88.1 Å². The number of hydrogen-bond donors (Lipinski definition) is 1. The van der Waals surface area contributed by atoms with Gasteiger partial charge in [-0.05, 0) is 36.4 Å². The fourth-order valence-corrected chi connectivity index (χ4v) is 3.79. The normalized spacial score (nSPS) is 14.1. The topological polar surface area (TPSA) is 91.6 Å². The first-order valence-corrected chi connectivity index (χ1v) is 10.4. The molecule has 1 amide bonds. The minimum absolute atomic E-state index is 0.00195. The van der Waals surface area contributed by atoms with E-state index in [1.807, 2.05) is 4.90 Å². The fourth-order valence-electron chi connectivity index (χ4n) is 3.79. The van der Waals surface area contributed by atoms with E-state index in [0.29, 0.717) is 31.9 Å². The average molecular weight is 471 g/mol. The molecule has 0 unspecified atom stereocenters. The van der Waals surface area contributed by atoms with Gasteiger partial charge in [-0.15, -0.1) is 0 Å². The van der Waals surface area contributed by atoms with E-state index in [9.17, 15) is 28.1 Å². The third-order valence-electron chi connectivity index (χ3n) is 5.48. The zero-order valence-corrected chi connectivity index (χ0v) is 17.8. The van der Waals surface area contributed by atoms with Crippen molar-refractivity contribution in [3.63, 3.8) is 0 Å². The fraction of sp³-hybridized carbons (Fsp3) is 0.217. The summed E-state index contributed by atoms with van der Waals surface area (Å²) in [4.78, 5) is 31.7. The number of anilines is 3. The Labute approximate surface area is 192 Å². The molecule has 1 fully saturated rings. The van der Waals surface area contributed by atoms with Crippen molar-refractivity contribution in [2.75, 3.05) is 36.4 Å². The Balaban J connectivity index is 1.49. The molecule has 0 atom stereocenters. The molecule has 0 aliphatic carbocycles. The molecule has 0 saturated carbocycles. The number of aromatic nitrogens is 1. The maximum absolute atomic E-state index is 13.2. The number of para-hydroxylation sites is 2. The predicted octanol–water partition coefficient (Wildman–Crippen LogP) is 4.71. The van der Waals surface area contributed by atoms with E-state index in [1.165, 1.54) is 24.4 Å². The summed E-state index contributed by atoms with van der Waals surface area (Å²) in [5.74, 6) is -0.183. The Morgan fingerprint density at radius 2 is 1.74 bits per heavy atom. The van der Waals surface area contributed by atoms with E-state index in [0.717, 1.165) is 12.1 Å². The lowest BCUT2D eigenvalue weighted by Gasteiger charge is -2.36. The van der Waals surface area contributed by atoms with Gasteiger partial charge in [0.1, 0.15) is 11.5 Å². The maximum atomic E-state index is 13.2. The molecule has 34 heavy (non-hydrogen) atoms. The standard InChI is InChI=1S/C23H20F3N5O3/c24-23(25,26)16-5-3-6-17(15-16)28-21-18(7-4-10-27-21)22(32)30-13-11-29(12-14-30)19-8-1-2-9-20(19)31(33)34/h1-10,15H,11-14H2,(H,27,28). The molecule has 3 aromatic rings. The SMILES string of the molecule is O=C(c1cccnc1Nc1cccc(C(F)(F)F)c1)N1CCN(c2ccccc2[N+](=O)[O-])CC1. The number of benzene rings is 2. The van der Waals surface area contributed by atoms with Crippen molar-refractivity contribution in [1.82, 2.24) is 9.88 Å². The summed E-state index contributed by atoms with van der Waals surface area (Å²) in [5.41, 5.74) is 0.0604. The number of halogens is 3. The van der Waals surface area contributed by atoms with Gasteiger partial charge in [0.25, 0.3) is 11.6 Å². The second-order valence-corrected chi connectivity index (χ2v) is 7.63. The van der Waals surface area contributed by atoms with Crippen LogP contribution in [-0.2, 0) is 6.18 Å². The number of pyridine rings is 1. The highest BCUT2D eigenvalue weighted by Gasteiger charge is 2.31. The Morgan fingerprint density at radius 3 is 2.44 bits per heavy atom. The van der Waals surface area contributed by atoms with Crippen molar-refractivity contribution in [2.45, 2.75) is 6.18 Å². The molecule has 1 aliphatic rings. The van der Waals surface area contributed by atoms with E-state index in [1.54, 1.807) is 35.2 Å². The molecule has 1 aliphatic heterocycles. The first kappa shape index (κ1) is 23.0. The van der Waals surface area contributed by atoms with Crippen molar-refractivity contribution < 1.29 is 22.9 Å². The second kappa shape index (κ2) is 9.38. The summed E-state index contributed by atoms with van der Waals surface area (Å²) in [6.07, 6.45) is -3.05. The molecule has 0 spiro atoms. The number of hydrogen-bond acceptors (Lipinski definition) is 6. The van der Waals surface area contributed by atoms with Crippen LogP contribution in [0.1, 0.15) is 15.9 Å². The molecule has 176 valence electrons. The maximum Gasteiger partial charge on any atom is 0.416 e. The number of carbonyl (C=O) groups is 1. The monoisotopic (exact) mass is 471 g/mol. The highest BCUT2D eigenvalue weighted by atomic mass is 19.4. The lowest BCUT2D eigenvalue weighted by molar-refractivity contribution is -0.384. The minimum Gasteiger partial charge on any atom is -0.362 e. The molecule has 0 bridgehead atoms. The average Bonchev–Trinajstić information content (AvgIpc) is 2.84. The Hall–Kier alpha value is -4.15. The lowest BCUT2D eigenvalue weighted by Crippen LogP contribution is -2.49. The van der Waals surface area contributed by atoms with Gasteiger partial charge in [0.15, 0.2) is 0 Å². The van der Waals surface area contributed by atoms with Gasteiger partial charge < -0.3 is 15.1 Å². The molecule has 2 heterocycles. The summed E-state index contributed by atoms with van der Waals surface area (Å²) in [7, 11) is 0. The molecule has 8 nitrogen and oxygen atoms in total. The Bertz CT molecular complexity index is 1210. The van der Waals surface area contributed by atoms with E-state index < -0.39 is 16.7 Å². The highest BCUT2D eigenvalue weighted by molar-refractivity contribution is 5.99. The van der Waals surface area contributed by atoms with Crippen LogP contribution in [0.15, 0.2) is 66.9 Å². The summed E-state index contributed by atoms with van der Waals surface area (Å²) < 4.78 is 39.1. The minimum atomic E-state index is -4.49. The number of nitrogens with zero attached hydrogens (tertiary/aromatic N) is 4. The van der Waals surface area contributed by atoms with Crippen molar-refractivity contribution in [1.29, 1.82) is 0 Å². The highest BCUT2D eigenvalue weighted by Crippen LogP contribution is 2.32. The molecule has 4 rings (SSSR count). The van der Waals surface area contributed by atoms with Crippen molar-refractivity contribution >= 4 is 28.8 Å². The number of nitro groups is 1. The van der Waals surface area contributed by atoms with Gasteiger partial charge in [-0.25, -0.2) is 4.98 Å². The van der Waals surface area contributed by atoms with Gasteiger partial charge >= 0.3 is 6.18 Å². The number of piperazine rings is 1. The van der Waals surface area contributed by atoms with Gasteiger partial charge in [0.2, 0.25) is 0 Å². The van der Waals surface area contributed by atoms with Crippen LogP contribution in [0, 0.1) is 10.1 Å². The summed E-state index contributed by atoms with van der Waals surface area (Å²) in [6.45, 7) is 1.44. The van der Waals surface area contributed by atoms with E-state index >= 15 is 0 Å². The van der Waals surface area contributed by atoms with Crippen LogP contribution in [0.4, 0.5) is 36.1 Å². The predicted molar refractivity (Wildman–Crippen MR) is 120 cm³/mol. The van der Waals surface area contributed by atoms with Crippen LogP contribution in [0.3, 0.4) is 0 Å². The lowest BCUT2D eigenvalue weighted by atomic mass is 10.1. The van der Waals surface area contributed by atoms with Crippen molar-refractivity contribution in [3.8, 4) is 0 Å². The zero-order valence-electron chi connectivity index (χ0n) is 17.8. The quantitative estimate of drug-likeness (QED) is 0.428. The zero-order chi connectivity index (χ0) is 24.3. The number of carbonyl (C=O) groups excluding carboxylic acids is 1. The second-order valence-electron chi connectivity index (χ2n) is 7.63. The van der Waals surface area contributed by atoms with Gasteiger partial charge in [-0.2, -0.15) is 13.2 Å². The van der Waals surface area contributed by atoms with Gasteiger partial charge in [-0.1, -0.05) is 18.2 Å². The first-order chi connectivity index (χ1) is 16.2. The molecular weight excluding hydrogens is 451 g/mol. The van der Waals surface area contributed by atoms with Gasteiger partial charge in [0.05, 0.1) is 16.1 Å². The van der Waals surface area contributed by atoms with E-state index in [2.05, 4.69) is 10.3 Å². The number of nitrogens with one attached hydrogen (secondary N) is 1. The van der Waals surface area contributed by atoms with Crippen LogP contribution in [0.25, 0.3) is 0 Å². The van der Waals surface area contributed by atoms with Crippen LogP contribution >= 0.6 is 0 Å². The van der Waals surface area contributed by atoms with Crippen LogP contribution in [0.2, 0.25) is 0 Å². The van der Waals surface area contributed by atoms with E-state index in [4.69, 9.17) is 0 Å². The third kappa shape index (κ3) is 4.92. The number of rotatable bonds is 5. The number of amides is 1. The molecule has 1 aromatic heterocycles. The van der Waals surface area contributed by atoms with Crippen LogP contribution < -0.4 is 10.2 Å². The Morgan fingerprint density at radius 1 is 1.00 bits per heavy atom. The number of nitro benzene ring substituents is 1. The first-order valence-electron chi connectivity index (χ1n) is 10.4. The van der Waals surface area contributed by atoms with Crippen LogP contribution in [0.5, 0.6) is 0 Å². The smallest absolute Gasteiger partial charge is 0.362 e. The van der Waals surface area contributed by atoms with E-state index in [-0.39, 0.29) is 28.7 Å².